The van der Waals surface area contributed by atoms with Gasteiger partial charge in [-0.05, 0) is 51.7 Å². The van der Waals surface area contributed by atoms with Gasteiger partial charge in [0.15, 0.2) is 0 Å². The molecule has 0 aliphatic carbocycles. The van der Waals surface area contributed by atoms with Gasteiger partial charge in [0.2, 0.25) is 7.29 Å². The first-order valence-electron chi connectivity index (χ1n) is 13.9. The van der Waals surface area contributed by atoms with Gasteiger partial charge in [-0.25, -0.2) is 4.79 Å². The predicted molar refractivity (Wildman–Crippen MR) is 175 cm³/mol. The number of rotatable bonds is 9. The van der Waals surface area contributed by atoms with Crippen LogP contribution in [0.25, 0.3) is 21.2 Å². The van der Waals surface area contributed by atoms with Gasteiger partial charge >= 0.3 is 6.09 Å². The van der Waals surface area contributed by atoms with E-state index >= 15 is 0 Å². The molecular weight excluding hydrogens is 573 g/mol. The van der Waals surface area contributed by atoms with Gasteiger partial charge in [0.1, 0.15) is 0 Å². The zero-order chi connectivity index (χ0) is 31.4. The molecule has 9 nitrogen and oxygen atoms in total. The third kappa shape index (κ3) is 7.92. The molecule has 5 aromatic carbocycles. The number of hydrogen-bond acceptors (Lipinski definition) is 3. The Morgan fingerprint density at radius 3 is 2.02 bits per heavy atom. The quantitative estimate of drug-likeness (QED) is 0.0697. The maximum Gasteiger partial charge on any atom is 0.404 e. The molecule has 0 aliphatic rings. The molecule has 1 atom stereocenters. The molecule has 1 unspecified atom stereocenters. The van der Waals surface area contributed by atoms with Crippen LogP contribution in [0.15, 0.2) is 132 Å². The molecular formula is C34H32N5O4P. The number of benzene rings is 5. The lowest BCUT2D eigenvalue weighted by Gasteiger charge is -2.18. The van der Waals surface area contributed by atoms with Crippen LogP contribution in [0.2, 0.25) is 0 Å². The zero-order valence-electron chi connectivity index (χ0n) is 24.1. The van der Waals surface area contributed by atoms with E-state index in [-0.39, 0.29) is 18.5 Å². The first-order valence-corrected chi connectivity index (χ1v) is 15.6. The van der Waals surface area contributed by atoms with Crippen LogP contribution in [-0.4, -0.2) is 23.7 Å². The lowest BCUT2D eigenvalue weighted by molar-refractivity contribution is 0.0939. The summed E-state index contributed by atoms with van der Waals surface area (Å²) in [7, 11) is -3.22. The number of carbonyl (C=O) groups is 2. The number of azide groups is 1. The Bertz CT molecular complexity index is 1780. The van der Waals surface area contributed by atoms with E-state index in [1.54, 1.807) is 54.6 Å². The van der Waals surface area contributed by atoms with E-state index in [4.69, 9.17) is 10.6 Å². The Morgan fingerprint density at radius 1 is 0.818 bits per heavy atom. The van der Waals surface area contributed by atoms with Crippen LogP contribution in [0, 0.1) is 0 Å². The highest BCUT2D eigenvalue weighted by Crippen LogP contribution is 2.44. The van der Waals surface area contributed by atoms with E-state index in [0.717, 1.165) is 21.9 Å². The minimum Gasteiger partial charge on any atom is -0.465 e. The number of nitrogens with one attached hydrogen (secondary N) is 2. The molecule has 0 fully saturated rings. The van der Waals surface area contributed by atoms with Crippen LogP contribution in [0.1, 0.15) is 34.5 Å². The molecule has 0 bridgehead atoms. The van der Waals surface area contributed by atoms with Gasteiger partial charge in [0.05, 0.1) is 6.04 Å². The Labute approximate surface area is 255 Å². The Balaban J connectivity index is 0.000000223. The number of hydrogen-bond donors (Lipinski definition) is 3. The summed E-state index contributed by atoms with van der Waals surface area (Å²) >= 11 is 0. The van der Waals surface area contributed by atoms with E-state index in [2.05, 4.69) is 38.6 Å². The summed E-state index contributed by atoms with van der Waals surface area (Å²) in [5, 5.41) is 17.5. The van der Waals surface area contributed by atoms with E-state index in [0.29, 0.717) is 22.6 Å². The minimum absolute atomic E-state index is 0.159. The van der Waals surface area contributed by atoms with Gasteiger partial charge < -0.3 is 20.3 Å². The summed E-state index contributed by atoms with van der Waals surface area (Å²) in [6.45, 7) is 2.23. The molecule has 44 heavy (non-hydrogen) atoms. The zero-order valence-corrected chi connectivity index (χ0v) is 25.0. The lowest BCUT2D eigenvalue weighted by atomic mass is 9.98. The van der Waals surface area contributed by atoms with Crippen molar-refractivity contribution in [3.05, 3.63) is 155 Å². The van der Waals surface area contributed by atoms with Gasteiger partial charge in [-0.2, -0.15) is 0 Å². The summed E-state index contributed by atoms with van der Waals surface area (Å²) < 4.78 is 12.8. The first kappa shape index (κ1) is 31.6. The molecule has 0 spiro atoms. The molecule has 0 radical (unpaired) electrons. The fourth-order valence-corrected chi connectivity index (χ4v) is 6.58. The van der Waals surface area contributed by atoms with Crippen molar-refractivity contribution in [3.8, 4) is 0 Å². The second-order valence-electron chi connectivity index (χ2n) is 9.83. The number of carbonyl (C=O) groups excluding carboxylic acids is 1. The SMILES string of the molecule is CC(NC(=O)c1ccccc1CCNC(=O)O)c1cccc2ccccc12.[N-]=[N+]=NP(=O)(c1ccccc1)c1ccccc1. The summed E-state index contributed by atoms with van der Waals surface area (Å²) in [6.07, 6.45) is -0.611. The van der Waals surface area contributed by atoms with Crippen molar-refractivity contribution in [2.24, 2.45) is 4.88 Å². The molecule has 2 amide bonds. The second kappa shape index (κ2) is 15.2. The Hall–Kier alpha value is -5.36. The highest BCUT2D eigenvalue weighted by atomic mass is 31.2. The summed E-state index contributed by atoms with van der Waals surface area (Å²) in [5.41, 5.74) is 11.1. The molecule has 0 aliphatic heterocycles. The molecule has 3 N–H and O–H groups in total. The third-order valence-electron chi connectivity index (χ3n) is 6.95. The number of carboxylic acid groups (broad SMARTS) is 1. The summed E-state index contributed by atoms with van der Waals surface area (Å²) in [5.74, 6) is -0.165. The smallest absolute Gasteiger partial charge is 0.404 e. The number of nitrogens with zero attached hydrogens (tertiary/aromatic N) is 3. The van der Waals surface area contributed by atoms with Gasteiger partial charge in [0.25, 0.3) is 5.91 Å². The second-order valence-corrected chi connectivity index (χ2v) is 12.2. The van der Waals surface area contributed by atoms with Crippen LogP contribution in [0.4, 0.5) is 4.79 Å². The molecule has 0 saturated carbocycles. The molecule has 0 heterocycles. The highest BCUT2D eigenvalue weighted by molar-refractivity contribution is 7.77. The van der Waals surface area contributed by atoms with Crippen molar-refractivity contribution in [1.29, 1.82) is 0 Å². The molecule has 10 heteroatoms. The lowest BCUT2D eigenvalue weighted by Crippen LogP contribution is -2.29. The van der Waals surface area contributed by atoms with E-state index in [1.807, 2.05) is 61.5 Å². The molecule has 5 rings (SSSR count). The van der Waals surface area contributed by atoms with Crippen molar-refractivity contribution >= 4 is 40.7 Å². The first-order chi connectivity index (χ1) is 21.3. The van der Waals surface area contributed by atoms with Crippen LogP contribution in [0.3, 0.4) is 0 Å². The fraction of sp³-hybridized carbons (Fsp3) is 0.118. The summed E-state index contributed by atoms with van der Waals surface area (Å²) in [4.78, 5) is 29.7. The Kier molecular flexibility index (Phi) is 10.9. The standard InChI is InChI=1S/C22H22N2O3.C12H10N3OP/c1-15(18-12-6-9-16-7-2-4-10-19(16)18)24-21(25)20-11-5-3-8-17(20)13-14-23-22(26)27;13-14-15-17(16,11-7-3-1-4-8-11)12-9-5-2-6-10-12/h2-12,15,23H,13-14H2,1H3,(H,24,25)(H,26,27);1-10H. The van der Waals surface area contributed by atoms with Gasteiger partial charge in [-0.1, -0.05) is 121 Å². The van der Waals surface area contributed by atoms with E-state index in [1.165, 1.54) is 0 Å². The van der Waals surface area contributed by atoms with E-state index < -0.39 is 13.4 Å². The maximum absolute atomic E-state index is 12.8. The fourth-order valence-electron chi connectivity index (χ4n) is 4.81. The van der Waals surface area contributed by atoms with Crippen molar-refractivity contribution in [2.45, 2.75) is 19.4 Å². The molecule has 222 valence electrons. The average Bonchev–Trinajstić information content (AvgIpc) is 3.05. The Morgan fingerprint density at radius 2 is 1.39 bits per heavy atom. The highest BCUT2D eigenvalue weighted by Gasteiger charge is 2.25. The van der Waals surface area contributed by atoms with Gasteiger partial charge in [-0.15, -0.1) is 0 Å². The van der Waals surface area contributed by atoms with Gasteiger partial charge in [-0.3, -0.25) is 4.79 Å². The summed E-state index contributed by atoms with van der Waals surface area (Å²) in [6, 6.07) is 38.9. The largest absolute Gasteiger partial charge is 0.465 e. The molecule has 0 aromatic heterocycles. The van der Waals surface area contributed by atoms with Crippen LogP contribution >= 0.6 is 7.29 Å². The van der Waals surface area contributed by atoms with Crippen LogP contribution < -0.4 is 21.2 Å². The average molecular weight is 606 g/mol. The van der Waals surface area contributed by atoms with Crippen LogP contribution in [0.5, 0.6) is 0 Å². The molecule has 5 aromatic rings. The van der Waals surface area contributed by atoms with Crippen molar-refractivity contribution in [3.63, 3.8) is 0 Å². The monoisotopic (exact) mass is 605 g/mol. The number of fused-ring (bicyclic) bond motifs is 1. The number of amides is 2. The third-order valence-corrected chi connectivity index (χ3v) is 9.28. The normalized spacial score (nSPS) is 11.3. The topological polar surface area (TPSA) is 144 Å². The predicted octanol–water partition coefficient (Wildman–Crippen LogP) is 7.37. The van der Waals surface area contributed by atoms with Crippen molar-refractivity contribution in [1.82, 2.24) is 10.6 Å². The maximum atomic E-state index is 12.8. The minimum atomic E-state index is -3.22. The van der Waals surface area contributed by atoms with Gasteiger partial charge in [0, 0.05) is 27.6 Å². The van der Waals surface area contributed by atoms with Crippen molar-refractivity contribution in [2.75, 3.05) is 6.54 Å². The van der Waals surface area contributed by atoms with E-state index in [9.17, 15) is 14.2 Å². The van der Waals surface area contributed by atoms with Crippen LogP contribution in [-0.2, 0) is 11.0 Å². The van der Waals surface area contributed by atoms with Crippen molar-refractivity contribution < 1.29 is 19.3 Å². The molecule has 0 saturated heterocycles.